The number of likely N-dealkylation sites (tertiary alicyclic amines) is 1. The molecule has 3 rings (SSSR count). The second kappa shape index (κ2) is 7.91. The van der Waals surface area contributed by atoms with Crippen molar-refractivity contribution in [1.82, 2.24) is 4.90 Å². The first-order chi connectivity index (χ1) is 12.5. The van der Waals surface area contributed by atoms with Crippen molar-refractivity contribution in [1.29, 1.82) is 0 Å². The number of nitrogens with zero attached hydrogens (tertiary/aromatic N) is 1. The van der Waals surface area contributed by atoms with E-state index in [2.05, 4.69) is 4.72 Å². The average Bonchev–Trinajstić information content (AvgIpc) is 2.64. The van der Waals surface area contributed by atoms with E-state index >= 15 is 0 Å². The predicted octanol–water partition coefficient (Wildman–Crippen LogP) is 3.56. The van der Waals surface area contributed by atoms with E-state index in [4.69, 9.17) is 0 Å². The third kappa shape index (κ3) is 4.43. The van der Waals surface area contributed by atoms with Crippen LogP contribution in [-0.4, -0.2) is 32.3 Å². The van der Waals surface area contributed by atoms with Gasteiger partial charge in [-0.25, -0.2) is 8.42 Å². The zero-order valence-electron chi connectivity index (χ0n) is 14.9. The van der Waals surface area contributed by atoms with E-state index in [-0.39, 0.29) is 11.7 Å². The van der Waals surface area contributed by atoms with Crippen molar-refractivity contribution >= 4 is 21.6 Å². The highest BCUT2D eigenvalue weighted by Gasteiger charge is 2.22. The zero-order valence-corrected chi connectivity index (χ0v) is 15.8. The molecule has 0 unspecified atom stereocenters. The Labute approximate surface area is 155 Å². The summed E-state index contributed by atoms with van der Waals surface area (Å²) < 4.78 is 27.9. The molecule has 0 atom stereocenters. The van der Waals surface area contributed by atoms with Crippen molar-refractivity contribution in [2.24, 2.45) is 0 Å². The lowest BCUT2D eigenvalue weighted by molar-refractivity contribution is 0.0725. The largest absolute Gasteiger partial charge is 0.339 e. The lowest BCUT2D eigenvalue weighted by atomic mass is 10.1. The van der Waals surface area contributed by atoms with Crippen LogP contribution >= 0.6 is 0 Å². The molecule has 1 heterocycles. The van der Waals surface area contributed by atoms with Gasteiger partial charge in [0.1, 0.15) is 0 Å². The molecule has 0 aromatic heterocycles. The van der Waals surface area contributed by atoms with Gasteiger partial charge in [0.15, 0.2) is 0 Å². The Balaban J connectivity index is 1.81. The molecule has 1 fully saturated rings. The number of carbonyl (C=O) groups is 1. The summed E-state index contributed by atoms with van der Waals surface area (Å²) in [5.74, 6) is -0.231. The summed E-state index contributed by atoms with van der Waals surface area (Å²) in [7, 11) is -3.62. The van der Waals surface area contributed by atoms with Crippen molar-refractivity contribution < 1.29 is 13.2 Å². The number of carbonyl (C=O) groups excluding carboxylic acids is 1. The monoisotopic (exact) mass is 372 g/mol. The minimum atomic E-state index is -3.62. The molecule has 0 radical (unpaired) electrons. The fraction of sp³-hybridized carbons (Fsp3) is 0.350. The standard InChI is InChI=1S/C20H24N2O3S/c1-16-9-3-4-10-17(16)15-26(24,25)21-19-12-6-5-11-18(19)20(23)22-13-7-2-8-14-22/h3-6,9-12,21H,2,7-8,13-15H2,1H3. The average molecular weight is 372 g/mol. The van der Waals surface area contributed by atoms with E-state index in [0.717, 1.165) is 43.5 Å². The van der Waals surface area contributed by atoms with E-state index in [1.807, 2.05) is 25.1 Å². The van der Waals surface area contributed by atoms with Crippen LogP contribution in [-0.2, 0) is 15.8 Å². The van der Waals surface area contributed by atoms with E-state index < -0.39 is 10.0 Å². The van der Waals surface area contributed by atoms with Gasteiger partial charge in [0, 0.05) is 13.1 Å². The van der Waals surface area contributed by atoms with Crippen molar-refractivity contribution in [3.05, 3.63) is 65.2 Å². The number of para-hydroxylation sites is 1. The number of anilines is 1. The molecule has 0 aliphatic carbocycles. The number of amides is 1. The van der Waals surface area contributed by atoms with Gasteiger partial charge in [-0.15, -0.1) is 0 Å². The van der Waals surface area contributed by atoms with Gasteiger partial charge >= 0.3 is 0 Å². The highest BCUT2D eigenvalue weighted by molar-refractivity contribution is 7.91. The molecule has 138 valence electrons. The molecule has 26 heavy (non-hydrogen) atoms. The molecule has 6 heteroatoms. The number of hydrogen-bond donors (Lipinski definition) is 1. The van der Waals surface area contributed by atoms with Crippen molar-refractivity contribution in [2.45, 2.75) is 31.9 Å². The summed E-state index contributed by atoms with van der Waals surface area (Å²) in [6.07, 6.45) is 3.12. The maximum Gasteiger partial charge on any atom is 0.255 e. The van der Waals surface area contributed by atoms with Crippen LogP contribution in [0, 0.1) is 6.92 Å². The number of sulfonamides is 1. The normalized spacial score (nSPS) is 14.9. The maximum absolute atomic E-state index is 12.8. The number of aryl methyl sites for hydroxylation is 1. The van der Waals surface area contributed by atoms with Crippen LogP contribution in [0.5, 0.6) is 0 Å². The lowest BCUT2D eigenvalue weighted by Gasteiger charge is -2.27. The minimum absolute atomic E-state index is 0.112. The van der Waals surface area contributed by atoms with Gasteiger partial charge in [-0.1, -0.05) is 36.4 Å². The molecule has 1 amide bonds. The highest BCUT2D eigenvalue weighted by atomic mass is 32.2. The molecule has 0 bridgehead atoms. The predicted molar refractivity (Wildman–Crippen MR) is 104 cm³/mol. The molecule has 1 saturated heterocycles. The van der Waals surface area contributed by atoms with Crippen LogP contribution in [0.2, 0.25) is 0 Å². The van der Waals surface area contributed by atoms with Crippen LogP contribution in [0.3, 0.4) is 0 Å². The molecular weight excluding hydrogens is 348 g/mol. The number of hydrogen-bond acceptors (Lipinski definition) is 3. The molecule has 0 spiro atoms. The number of rotatable bonds is 5. The second-order valence-electron chi connectivity index (χ2n) is 6.69. The molecule has 2 aromatic rings. The van der Waals surface area contributed by atoms with E-state index in [9.17, 15) is 13.2 Å². The fourth-order valence-corrected chi connectivity index (χ4v) is 4.52. The van der Waals surface area contributed by atoms with Crippen LogP contribution in [0.4, 0.5) is 5.69 Å². The number of nitrogens with one attached hydrogen (secondary N) is 1. The van der Waals surface area contributed by atoms with Gasteiger partial charge in [0.05, 0.1) is 17.0 Å². The third-order valence-corrected chi connectivity index (χ3v) is 5.89. The Bertz CT molecular complexity index is 887. The smallest absolute Gasteiger partial charge is 0.255 e. The first kappa shape index (κ1) is 18.5. The first-order valence-corrected chi connectivity index (χ1v) is 10.5. The Hall–Kier alpha value is -2.34. The SMILES string of the molecule is Cc1ccccc1CS(=O)(=O)Nc1ccccc1C(=O)N1CCCCC1. The van der Waals surface area contributed by atoms with Crippen LogP contribution < -0.4 is 4.72 Å². The topological polar surface area (TPSA) is 66.5 Å². The van der Waals surface area contributed by atoms with Gasteiger partial charge in [-0.3, -0.25) is 9.52 Å². The van der Waals surface area contributed by atoms with Crippen LogP contribution in [0.25, 0.3) is 0 Å². The first-order valence-electron chi connectivity index (χ1n) is 8.89. The summed E-state index contributed by atoms with van der Waals surface area (Å²) in [5.41, 5.74) is 2.43. The van der Waals surface area contributed by atoms with Gasteiger partial charge in [-0.05, 0) is 49.4 Å². The van der Waals surface area contributed by atoms with Gasteiger partial charge < -0.3 is 4.90 Å². The molecule has 1 aliphatic heterocycles. The maximum atomic E-state index is 12.8. The van der Waals surface area contributed by atoms with E-state index in [0.29, 0.717) is 11.3 Å². The van der Waals surface area contributed by atoms with Crippen molar-refractivity contribution in [2.75, 3.05) is 17.8 Å². The minimum Gasteiger partial charge on any atom is -0.339 e. The van der Waals surface area contributed by atoms with Gasteiger partial charge in [0.25, 0.3) is 5.91 Å². The molecule has 2 aromatic carbocycles. The Morgan fingerprint density at radius 1 is 1.00 bits per heavy atom. The molecule has 1 aliphatic rings. The Kier molecular flexibility index (Phi) is 5.61. The summed E-state index contributed by atoms with van der Waals surface area (Å²) >= 11 is 0. The number of benzene rings is 2. The highest BCUT2D eigenvalue weighted by Crippen LogP contribution is 2.22. The van der Waals surface area contributed by atoms with Gasteiger partial charge in [0.2, 0.25) is 10.0 Å². The summed E-state index contributed by atoms with van der Waals surface area (Å²) in [6.45, 7) is 3.34. The molecule has 0 saturated carbocycles. The Morgan fingerprint density at radius 2 is 1.65 bits per heavy atom. The third-order valence-electron chi connectivity index (χ3n) is 4.67. The second-order valence-corrected chi connectivity index (χ2v) is 8.41. The lowest BCUT2D eigenvalue weighted by Crippen LogP contribution is -2.36. The van der Waals surface area contributed by atoms with Crippen LogP contribution in [0.15, 0.2) is 48.5 Å². The van der Waals surface area contributed by atoms with Gasteiger partial charge in [-0.2, -0.15) is 0 Å². The molecular formula is C20H24N2O3S. The quantitative estimate of drug-likeness (QED) is 0.873. The Morgan fingerprint density at radius 3 is 2.38 bits per heavy atom. The van der Waals surface area contributed by atoms with Crippen LogP contribution in [0.1, 0.15) is 40.7 Å². The number of piperidine rings is 1. The van der Waals surface area contributed by atoms with Crippen molar-refractivity contribution in [3.63, 3.8) is 0 Å². The molecule has 1 N–H and O–H groups in total. The zero-order chi connectivity index (χ0) is 18.6. The summed E-state index contributed by atoms with van der Waals surface area (Å²) in [4.78, 5) is 14.6. The fourth-order valence-electron chi connectivity index (χ4n) is 3.21. The summed E-state index contributed by atoms with van der Waals surface area (Å²) in [6, 6.07) is 14.2. The van der Waals surface area contributed by atoms with E-state index in [1.54, 1.807) is 35.2 Å². The summed E-state index contributed by atoms with van der Waals surface area (Å²) in [5, 5.41) is 0. The van der Waals surface area contributed by atoms with Crippen molar-refractivity contribution in [3.8, 4) is 0 Å². The van der Waals surface area contributed by atoms with E-state index in [1.165, 1.54) is 0 Å². The molecule has 5 nitrogen and oxygen atoms in total.